The fourth-order valence-electron chi connectivity index (χ4n) is 1.41. The van der Waals surface area contributed by atoms with Crippen molar-refractivity contribution < 1.29 is 9.53 Å². The number of carbonyl (C=O) groups is 1. The largest absolute Gasteiger partial charge is 0.481 e. The van der Waals surface area contributed by atoms with Gasteiger partial charge in [0.1, 0.15) is 0 Å². The first-order valence-corrected chi connectivity index (χ1v) is 4.68. The van der Waals surface area contributed by atoms with E-state index in [1.165, 1.54) is 0 Å². The molecule has 1 amide bonds. The van der Waals surface area contributed by atoms with E-state index in [0.29, 0.717) is 24.9 Å². The highest BCUT2D eigenvalue weighted by Gasteiger charge is 2.18. The van der Waals surface area contributed by atoms with Gasteiger partial charge in [0.25, 0.3) is 0 Å². The third-order valence-corrected chi connectivity index (χ3v) is 2.15. The molecular formula is C9H12N4O2. The molecule has 15 heavy (non-hydrogen) atoms. The lowest BCUT2D eigenvalue weighted by atomic mass is 10.4. The van der Waals surface area contributed by atoms with E-state index in [9.17, 15) is 4.79 Å². The third kappa shape index (κ3) is 2.15. The number of nitrogens with zero attached hydrogens (tertiary/aromatic N) is 3. The van der Waals surface area contributed by atoms with Gasteiger partial charge in [0.05, 0.1) is 13.7 Å². The predicted molar refractivity (Wildman–Crippen MR) is 53.8 cm³/mol. The van der Waals surface area contributed by atoms with E-state index in [-0.39, 0.29) is 5.91 Å². The number of nitrogens with one attached hydrogen (secondary N) is 1. The Morgan fingerprint density at radius 3 is 3.20 bits per heavy atom. The molecule has 1 aromatic rings. The Bertz CT molecular complexity index is 369. The maximum absolute atomic E-state index is 11.2. The second-order valence-corrected chi connectivity index (χ2v) is 3.17. The summed E-state index contributed by atoms with van der Waals surface area (Å²) in [6.45, 7) is 1.64. The van der Waals surface area contributed by atoms with Crippen molar-refractivity contribution >= 4 is 11.9 Å². The van der Waals surface area contributed by atoms with Crippen molar-refractivity contribution in [2.24, 2.45) is 0 Å². The van der Waals surface area contributed by atoms with Crippen LogP contribution in [0.2, 0.25) is 0 Å². The quantitative estimate of drug-likeness (QED) is 0.704. The fraction of sp³-hybridized carbons (Fsp3) is 0.444. The Morgan fingerprint density at radius 2 is 2.47 bits per heavy atom. The first-order valence-electron chi connectivity index (χ1n) is 4.68. The van der Waals surface area contributed by atoms with Crippen molar-refractivity contribution in [1.82, 2.24) is 15.3 Å². The molecule has 2 rings (SSSR count). The van der Waals surface area contributed by atoms with E-state index in [4.69, 9.17) is 4.74 Å². The van der Waals surface area contributed by atoms with Crippen LogP contribution in [0, 0.1) is 0 Å². The van der Waals surface area contributed by atoms with Gasteiger partial charge < -0.3 is 15.0 Å². The van der Waals surface area contributed by atoms with Gasteiger partial charge in [-0.1, -0.05) is 0 Å². The second kappa shape index (κ2) is 4.12. The van der Waals surface area contributed by atoms with Crippen LogP contribution in [0.5, 0.6) is 5.88 Å². The molecule has 0 saturated carbocycles. The van der Waals surface area contributed by atoms with Crippen molar-refractivity contribution in [2.75, 3.05) is 31.6 Å². The van der Waals surface area contributed by atoms with Gasteiger partial charge in [-0.2, -0.15) is 4.98 Å². The first-order chi connectivity index (χ1) is 7.29. The Morgan fingerprint density at radius 1 is 1.60 bits per heavy atom. The highest BCUT2D eigenvalue weighted by atomic mass is 16.5. The minimum atomic E-state index is -0.00679. The summed E-state index contributed by atoms with van der Waals surface area (Å²) in [6, 6.07) is 1.67. The number of methoxy groups -OCH3 is 1. The average Bonchev–Trinajstić information content (AvgIpc) is 2.29. The van der Waals surface area contributed by atoms with Gasteiger partial charge in [0.2, 0.25) is 17.7 Å². The average molecular weight is 208 g/mol. The van der Waals surface area contributed by atoms with Crippen LogP contribution in [0.4, 0.5) is 5.95 Å². The van der Waals surface area contributed by atoms with E-state index in [1.807, 2.05) is 4.90 Å². The summed E-state index contributed by atoms with van der Waals surface area (Å²) in [4.78, 5) is 21.2. The topological polar surface area (TPSA) is 67.3 Å². The number of amides is 1. The molecule has 0 aliphatic carbocycles. The van der Waals surface area contributed by atoms with E-state index < -0.39 is 0 Å². The standard InChI is InChI=1S/C9H12N4O2/c1-15-8-2-3-11-9(12-8)13-5-4-10-7(14)6-13/h2-3H,4-6H2,1H3,(H,10,14). The first kappa shape index (κ1) is 9.70. The van der Waals surface area contributed by atoms with Gasteiger partial charge in [-0.15, -0.1) is 0 Å². The monoisotopic (exact) mass is 208 g/mol. The minimum absolute atomic E-state index is 0.00679. The molecule has 1 aliphatic rings. The molecule has 1 saturated heterocycles. The van der Waals surface area contributed by atoms with Crippen LogP contribution in [0.1, 0.15) is 0 Å². The number of hydrogen-bond acceptors (Lipinski definition) is 5. The van der Waals surface area contributed by atoms with E-state index in [1.54, 1.807) is 19.4 Å². The van der Waals surface area contributed by atoms with Crippen LogP contribution in [0.25, 0.3) is 0 Å². The molecular weight excluding hydrogens is 196 g/mol. The SMILES string of the molecule is COc1ccnc(N2CCNC(=O)C2)n1. The number of aromatic nitrogens is 2. The predicted octanol–water partition coefficient (Wildman–Crippen LogP) is -0.579. The van der Waals surface area contributed by atoms with Crippen molar-refractivity contribution in [3.63, 3.8) is 0 Å². The third-order valence-electron chi connectivity index (χ3n) is 2.15. The molecule has 0 spiro atoms. The van der Waals surface area contributed by atoms with E-state index in [2.05, 4.69) is 15.3 Å². The zero-order chi connectivity index (χ0) is 10.7. The van der Waals surface area contributed by atoms with Gasteiger partial charge >= 0.3 is 0 Å². The summed E-state index contributed by atoms with van der Waals surface area (Å²) < 4.78 is 4.99. The van der Waals surface area contributed by atoms with Crippen LogP contribution >= 0.6 is 0 Å². The molecule has 0 radical (unpaired) electrons. The summed E-state index contributed by atoms with van der Waals surface area (Å²) in [7, 11) is 1.55. The number of anilines is 1. The van der Waals surface area contributed by atoms with Crippen LogP contribution < -0.4 is 15.0 Å². The molecule has 0 bridgehead atoms. The zero-order valence-electron chi connectivity index (χ0n) is 8.43. The van der Waals surface area contributed by atoms with Gasteiger partial charge in [-0.05, 0) is 0 Å². The Kier molecular flexibility index (Phi) is 2.66. The molecule has 1 aliphatic heterocycles. The summed E-state index contributed by atoms with van der Waals surface area (Å²) in [5, 5.41) is 2.74. The van der Waals surface area contributed by atoms with Crippen molar-refractivity contribution in [2.45, 2.75) is 0 Å². The number of ether oxygens (including phenoxy) is 1. The van der Waals surface area contributed by atoms with Crippen LogP contribution in [0.3, 0.4) is 0 Å². The molecule has 6 nitrogen and oxygen atoms in total. The lowest BCUT2D eigenvalue weighted by Crippen LogP contribution is -2.48. The lowest BCUT2D eigenvalue weighted by Gasteiger charge is -2.26. The van der Waals surface area contributed by atoms with Crippen molar-refractivity contribution in [3.05, 3.63) is 12.3 Å². The smallest absolute Gasteiger partial charge is 0.239 e. The fourth-order valence-corrected chi connectivity index (χ4v) is 1.41. The maximum atomic E-state index is 11.2. The summed E-state index contributed by atoms with van der Waals surface area (Å²) in [5.74, 6) is 1.03. The second-order valence-electron chi connectivity index (χ2n) is 3.17. The van der Waals surface area contributed by atoms with Gasteiger partial charge in [-0.3, -0.25) is 4.79 Å². The normalized spacial score (nSPS) is 16.1. The van der Waals surface area contributed by atoms with Crippen LogP contribution in [-0.4, -0.2) is 42.6 Å². The Hall–Kier alpha value is -1.85. The van der Waals surface area contributed by atoms with Gasteiger partial charge in [-0.25, -0.2) is 4.98 Å². The molecule has 0 aromatic carbocycles. The summed E-state index contributed by atoms with van der Waals surface area (Å²) >= 11 is 0. The number of carbonyl (C=O) groups excluding carboxylic acids is 1. The van der Waals surface area contributed by atoms with Gasteiger partial charge in [0, 0.05) is 25.4 Å². The lowest BCUT2D eigenvalue weighted by molar-refractivity contribution is -0.120. The summed E-state index contributed by atoms with van der Waals surface area (Å²) in [6.07, 6.45) is 1.62. The highest BCUT2D eigenvalue weighted by Crippen LogP contribution is 2.12. The molecule has 1 N–H and O–H groups in total. The summed E-state index contributed by atoms with van der Waals surface area (Å²) in [5.41, 5.74) is 0. The highest BCUT2D eigenvalue weighted by molar-refractivity contribution is 5.81. The Balaban J connectivity index is 2.17. The molecule has 80 valence electrons. The zero-order valence-corrected chi connectivity index (χ0v) is 8.43. The van der Waals surface area contributed by atoms with Crippen LogP contribution in [-0.2, 0) is 4.79 Å². The number of hydrogen-bond donors (Lipinski definition) is 1. The van der Waals surface area contributed by atoms with E-state index in [0.717, 1.165) is 6.54 Å². The number of rotatable bonds is 2. The molecule has 2 heterocycles. The van der Waals surface area contributed by atoms with Crippen molar-refractivity contribution in [3.8, 4) is 5.88 Å². The number of piperazine rings is 1. The molecule has 1 fully saturated rings. The molecule has 1 aromatic heterocycles. The maximum Gasteiger partial charge on any atom is 0.239 e. The Labute approximate surface area is 87.3 Å². The molecule has 6 heteroatoms. The molecule has 0 atom stereocenters. The molecule has 0 unspecified atom stereocenters. The minimum Gasteiger partial charge on any atom is -0.481 e. The van der Waals surface area contributed by atoms with Crippen LogP contribution in [0.15, 0.2) is 12.3 Å². The van der Waals surface area contributed by atoms with Gasteiger partial charge in [0.15, 0.2) is 0 Å². The van der Waals surface area contributed by atoms with Crippen molar-refractivity contribution in [1.29, 1.82) is 0 Å². The van der Waals surface area contributed by atoms with E-state index >= 15 is 0 Å².